The lowest BCUT2D eigenvalue weighted by molar-refractivity contribution is 0.0825. The zero-order chi connectivity index (χ0) is 20.0. The molecule has 3 heterocycles. The molecule has 0 spiro atoms. The quantitative estimate of drug-likeness (QED) is 0.713. The van der Waals surface area contributed by atoms with Crippen LogP contribution in [-0.4, -0.2) is 44.5 Å². The van der Waals surface area contributed by atoms with E-state index in [1.165, 1.54) is 10.9 Å². The van der Waals surface area contributed by atoms with Crippen LogP contribution in [0.5, 0.6) is 0 Å². The molecule has 3 atom stereocenters. The lowest BCUT2D eigenvalue weighted by atomic mass is 9.91. The smallest absolute Gasteiger partial charge is 0.260 e. The molecule has 2 aromatic heterocycles. The molecule has 0 radical (unpaired) electrons. The van der Waals surface area contributed by atoms with Crippen LogP contribution >= 0.6 is 11.3 Å². The highest BCUT2D eigenvalue weighted by Gasteiger charge is 2.42. The molecule has 1 saturated carbocycles. The van der Waals surface area contributed by atoms with Gasteiger partial charge in [-0.3, -0.25) is 14.5 Å². The molecule has 1 aliphatic heterocycles. The lowest BCUT2D eigenvalue weighted by Crippen LogP contribution is -2.52. The van der Waals surface area contributed by atoms with E-state index in [0.29, 0.717) is 28.3 Å². The zero-order valence-corrected chi connectivity index (χ0v) is 17.1. The Bertz CT molecular complexity index is 1100. The number of likely N-dealkylation sites (tertiary alicyclic amines) is 1. The molecule has 7 nitrogen and oxygen atoms in total. The van der Waals surface area contributed by atoms with Gasteiger partial charge in [-0.25, -0.2) is 9.97 Å². The highest BCUT2D eigenvalue weighted by atomic mass is 32.1. The van der Waals surface area contributed by atoms with Crippen molar-refractivity contribution in [1.29, 1.82) is 0 Å². The van der Waals surface area contributed by atoms with E-state index in [2.05, 4.69) is 20.2 Å². The van der Waals surface area contributed by atoms with Crippen LogP contribution in [0.1, 0.15) is 28.2 Å². The molecule has 5 rings (SSSR count). The molecule has 1 saturated heterocycles. The first-order valence-electron chi connectivity index (χ1n) is 9.95. The number of aromatic nitrogens is 3. The van der Waals surface area contributed by atoms with Gasteiger partial charge in [0.15, 0.2) is 0 Å². The molecule has 3 aromatic rings. The summed E-state index contributed by atoms with van der Waals surface area (Å²) in [6.07, 6.45) is 5.65. The number of carbonyl (C=O) groups is 1. The Morgan fingerprint density at radius 2 is 2.03 bits per heavy atom. The van der Waals surface area contributed by atoms with Gasteiger partial charge in [-0.1, -0.05) is 0 Å². The Balaban J connectivity index is 1.29. The van der Waals surface area contributed by atoms with Crippen molar-refractivity contribution in [3.8, 4) is 0 Å². The van der Waals surface area contributed by atoms with Crippen molar-refractivity contribution in [2.45, 2.75) is 25.4 Å². The summed E-state index contributed by atoms with van der Waals surface area (Å²) in [5.74, 6) is 0.872. The van der Waals surface area contributed by atoms with Gasteiger partial charge >= 0.3 is 0 Å². The van der Waals surface area contributed by atoms with E-state index in [9.17, 15) is 9.59 Å². The number of rotatable bonds is 4. The van der Waals surface area contributed by atoms with E-state index in [1.807, 2.05) is 11.6 Å². The molecular formula is C21H23N5O2S. The molecule has 1 N–H and O–H groups in total. The van der Waals surface area contributed by atoms with Gasteiger partial charge in [0.05, 0.1) is 23.8 Å². The highest BCUT2D eigenvalue weighted by molar-refractivity contribution is 7.09. The van der Waals surface area contributed by atoms with Crippen LogP contribution in [0.25, 0.3) is 10.9 Å². The fourth-order valence-corrected chi connectivity index (χ4v) is 5.45. The molecule has 29 heavy (non-hydrogen) atoms. The number of carbonyl (C=O) groups excluding carboxylic acids is 1. The van der Waals surface area contributed by atoms with E-state index >= 15 is 0 Å². The summed E-state index contributed by atoms with van der Waals surface area (Å²) in [4.78, 5) is 36.3. The summed E-state index contributed by atoms with van der Waals surface area (Å²) in [5, 5.41) is 6.98. The summed E-state index contributed by atoms with van der Waals surface area (Å²) in [6.45, 7) is 2.89. The zero-order valence-electron chi connectivity index (χ0n) is 16.2. The Hall–Kier alpha value is -2.58. The number of nitrogens with one attached hydrogen (secondary N) is 1. The SMILES string of the molecule is Cn1cnc2cc(C(=O)NC3[C@@H]4CC[C@H]3CN(Cc3nccs3)C4)ccc2c1=O. The number of aryl methyl sites for hydroxylation is 1. The number of benzene rings is 1. The minimum Gasteiger partial charge on any atom is -0.349 e. The minimum absolute atomic E-state index is 0.0790. The molecule has 2 bridgehead atoms. The van der Waals surface area contributed by atoms with Crippen LogP contribution in [-0.2, 0) is 13.6 Å². The van der Waals surface area contributed by atoms with E-state index in [4.69, 9.17) is 0 Å². The van der Waals surface area contributed by atoms with Crippen LogP contribution in [0.3, 0.4) is 0 Å². The van der Waals surface area contributed by atoms with Crippen LogP contribution in [0.15, 0.2) is 40.9 Å². The van der Waals surface area contributed by atoms with Gasteiger partial charge in [-0.15, -0.1) is 11.3 Å². The van der Waals surface area contributed by atoms with Gasteiger partial charge in [-0.2, -0.15) is 0 Å². The first-order chi connectivity index (χ1) is 14.1. The van der Waals surface area contributed by atoms with Crippen LogP contribution in [0, 0.1) is 11.8 Å². The van der Waals surface area contributed by atoms with E-state index in [0.717, 1.165) is 37.5 Å². The predicted octanol–water partition coefficient (Wildman–Crippen LogP) is 2.03. The number of nitrogens with zero attached hydrogens (tertiary/aromatic N) is 4. The van der Waals surface area contributed by atoms with Crippen molar-refractivity contribution in [3.63, 3.8) is 0 Å². The monoisotopic (exact) mass is 409 g/mol. The second kappa shape index (κ2) is 7.35. The number of hydrogen-bond acceptors (Lipinski definition) is 6. The minimum atomic E-state index is -0.104. The number of thiazole rings is 1. The van der Waals surface area contributed by atoms with Gasteiger partial charge in [0.2, 0.25) is 0 Å². The average molecular weight is 410 g/mol. The van der Waals surface area contributed by atoms with Crippen LogP contribution in [0.4, 0.5) is 0 Å². The molecule has 1 aliphatic carbocycles. The first-order valence-corrected chi connectivity index (χ1v) is 10.8. The molecule has 1 unspecified atom stereocenters. The van der Waals surface area contributed by atoms with E-state index in [1.54, 1.807) is 36.6 Å². The van der Waals surface area contributed by atoms with Gasteiger partial charge in [0, 0.05) is 43.3 Å². The van der Waals surface area contributed by atoms with Crippen LogP contribution < -0.4 is 10.9 Å². The third kappa shape index (κ3) is 3.47. The second-order valence-corrected chi connectivity index (χ2v) is 9.09. The third-order valence-corrected chi connectivity index (χ3v) is 6.99. The van der Waals surface area contributed by atoms with Crippen molar-refractivity contribution in [2.75, 3.05) is 13.1 Å². The Morgan fingerprint density at radius 3 is 2.76 bits per heavy atom. The lowest BCUT2D eigenvalue weighted by Gasteiger charge is -2.38. The Morgan fingerprint density at radius 1 is 1.24 bits per heavy atom. The topological polar surface area (TPSA) is 80.1 Å². The largest absolute Gasteiger partial charge is 0.349 e. The van der Waals surface area contributed by atoms with Crippen molar-refractivity contribution >= 4 is 28.1 Å². The van der Waals surface area contributed by atoms with E-state index in [-0.39, 0.29) is 17.5 Å². The average Bonchev–Trinajstić information content (AvgIpc) is 3.30. The second-order valence-electron chi connectivity index (χ2n) is 8.11. The summed E-state index contributed by atoms with van der Waals surface area (Å²) in [6, 6.07) is 5.35. The van der Waals surface area contributed by atoms with Gasteiger partial charge in [0.25, 0.3) is 11.5 Å². The molecule has 2 fully saturated rings. The molecular weight excluding hydrogens is 386 g/mol. The predicted molar refractivity (Wildman–Crippen MR) is 112 cm³/mol. The maximum Gasteiger partial charge on any atom is 0.260 e. The standard InChI is InChI=1S/C21H23N5O2S/c1-25-12-23-17-8-13(4-5-16(17)21(25)28)20(27)24-19-14-2-3-15(19)10-26(9-14)11-18-22-6-7-29-18/h4-8,12,14-15,19H,2-3,9-11H2,1H3,(H,24,27)/t14-,15+,19?. The van der Waals surface area contributed by atoms with Gasteiger partial charge in [0.1, 0.15) is 5.01 Å². The van der Waals surface area contributed by atoms with Gasteiger partial charge in [-0.05, 0) is 42.9 Å². The third-order valence-electron chi connectivity index (χ3n) is 6.23. The van der Waals surface area contributed by atoms with Crippen molar-refractivity contribution in [3.05, 3.63) is 57.0 Å². The van der Waals surface area contributed by atoms with Gasteiger partial charge < -0.3 is 9.88 Å². The number of fused-ring (bicyclic) bond motifs is 3. The number of piperidine rings is 1. The van der Waals surface area contributed by atoms with Crippen molar-refractivity contribution in [2.24, 2.45) is 18.9 Å². The maximum absolute atomic E-state index is 12.9. The Labute approximate surface area is 172 Å². The molecule has 1 amide bonds. The molecule has 8 heteroatoms. The van der Waals surface area contributed by atoms with Crippen LogP contribution in [0.2, 0.25) is 0 Å². The summed E-state index contributed by atoms with van der Waals surface area (Å²) in [5.41, 5.74) is 1.01. The number of hydrogen-bond donors (Lipinski definition) is 1. The fourth-order valence-electron chi connectivity index (χ4n) is 4.79. The first kappa shape index (κ1) is 18.4. The normalized spacial score (nSPS) is 24.1. The summed E-state index contributed by atoms with van der Waals surface area (Å²) >= 11 is 1.70. The molecule has 1 aromatic carbocycles. The fraction of sp³-hybridized carbons (Fsp3) is 0.429. The van der Waals surface area contributed by atoms with E-state index < -0.39 is 0 Å². The van der Waals surface area contributed by atoms with Crippen molar-refractivity contribution < 1.29 is 4.79 Å². The van der Waals surface area contributed by atoms with Crippen molar-refractivity contribution in [1.82, 2.24) is 24.8 Å². The molecule has 2 aliphatic rings. The summed E-state index contributed by atoms with van der Waals surface area (Å²) in [7, 11) is 1.67. The molecule has 150 valence electrons. The highest BCUT2D eigenvalue weighted by Crippen LogP contribution is 2.37. The number of amides is 1. The maximum atomic E-state index is 12.9. The Kier molecular flexibility index (Phi) is 4.67. The summed E-state index contributed by atoms with van der Waals surface area (Å²) < 4.78 is 1.44.